The number of aliphatic imine (C=N–C) groups is 1. The zero-order chi connectivity index (χ0) is 14.9. The third kappa shape index (κ3) is 2.20. The van der Waals surface area contributed by atoms with Gasteiger partial charge in [0, 0.05) is 0 Å². The minimum atomic E-state index is -0.473. The molecule has 0 N–H and O–H groups in total. The Morgan fingerprint density at radius 1 is 0.955 bits per heavy atom. The molecule has 0 fully saturated rings. The monoisotopic (exact) mass is 289 g/mol. The van der Waals surface area contributed by atoms with E-state index in [0.29, 0.717) is 5.76 Å². The van der Waals surface area contributed by atoms with Crippen LogP contribution in [0.25, 0.3) is 16.8 Å². The summed E-state index contributed by atoms with van der Waals surface area (Å²) in [5.41, 5.74) is 1.16. The van der Waals surface area contributed by atoms with Crippen LogP contribution in [0, 0.1) is 0 Å². The zero-order valence-electron chi connectivity index (χ0n) is 11.5. The van der Waals surface area contributed by atoms with Crippen LogP contribution in [0.3, 0.4) is 0 Å². The number of ether oxygens (including phenoxy) is 1. The summed E-state index contributed by atoms with van der Waals surface area (Å²) in [6.07, 6.45) is 3.22. The number of hydrogen-bond donors (Lipinski definition) is 0. The van der Waals surface area contributed by atoms with E-state index in [0.717, 1.165) is 16.3 Å². The Labute approximate surface area is 126 Å². The Bertz CT molecular complexity index is 920. The highest BCUT2D eigenvalue weighted by Crippen LogP contribution is 2.21. The molecule has 4 nitrogen and oxygen atoms in total. The highest BCUT2D eigenvalue weighted by molar-refractivity contribution is 6.12. The molecule has 2 aromatic carbocycles. The number of carbonyl (C=O) groups is 1. The minimum absolute atomic E-state index is 0.196. The minimum Gasteiger partial charge on any atom is -0.459 e. The van der Waals surface area contributed by atoms with Gasteiger partial charge in [0.05, 0.1) is 6.26 Å². The summed E-state index contributed by atoms with van der Waals surface area (Å²) in [4.78, 5) is 16.1. The topological polar surface area (TPSA) is 51.8 Å². The molecule has 2 heterocycles. The fraction of sp³-hybridized carbons (Fsp3) is 0. The number of fused-ring (bicyclic) bond motifs is 1. The van der Waals surface area contributed by atoms with Gasteiger partial charge in [-0.3, -0.25) is 0 Å². The molecule has 3 aromatic rings. The quantitative estimate of drug-likeness (QED) is 0.533. The average Bonchev–Trinajstić information content (AvgIpc) is 3.18. The first-order chi connectivity index (χ1) is 10.8. The molecule has 0 saturated carbocycles. The lowest BCUT2D eigenvalue weighted by molar-refractivity contribution is -0.130. The van der Waals surface area contributed by atoms with Crippen molar-refractivity contribution in [3.05, 3.63) is 77.9 Å². The molecule has 0 saturated heterocycles. The molecular formula is C18H11NO3. The maximum absolute atomic E-state index is 11.9. The van der Waals surface area contributed by atoms with Crippen molar-refractivity contribution in [2.24, 2.45) is 4.99 Å². The number of rotatable bonds is 2. The van der Waals surface area contributed by atoms with Crippen molar-refractivity contribution >= 4 is 28.7 Å². The second kappa shape index (κ2) is 5.00. The molecule has 1 aliphatic heterocycles. The maximum atomic E-state index is 11.9. The normalized spacial score (nSPS) is 16.1. The standard InChI is InChI=1S/C18H11NO3/c20-18-15(19-17(22-18)16-6-3-9-21-16)11-12-7-8-13-4-1-2-5-14(13)10-12/h1-11H/b15-11+. The lowest BCUT2D eigenvalue weighted by atomic mass is 10.1. The third-order valence-corrected chi connectivity index (χ3v) is 3.43. The first-order valence-corrected chi connectivity index (χ1v) is 6.85. The molecule has 106 valence electrons. The first kappa shape index (κ1) is 12.6. The number of cyclic esters (lactones) is 1. The Morgan fingerprint density at radius 2 is 1.82 bits per heavy atom. The fourth-order valence-electron chi connectivity index (χ4n) is 2.37. The molecule has 4 rings (SSSR count). The van der Waals surface area contributed by atoms with Gasteiger partial charge < -0.3 is 9.15 Å². The van der Waals surface area contributed by atoms with Crippen LogP contribution in [-0.4, -0.2) is 11.9 Å². The Hall–Kier alpha value is -3.14. The number of carbonyl (C=O) groups excluding carboxylic acids is 1. The summed E-state index contributed by atoms with van der Waals surface area (Å²) in [5, 5.41) is 2.26. The molecule has 0 amide bonds. The molecule has 0 spiro atoms. The van der Waals surface area contributed by atoms with E-state index in [2.05, 4.69) is 4.99 Å². The largest absolute Gasteiger partial charge is 0.459 e. The highest BCUT2D eigenvalue weighted by atomic mass is 16.6. The molecule has 1 aromatic heterocycles. The van der Waals surface area contributed by atoms with Crippen LogP contribution < -0.4 is 0 Å². The van der Waals surface area contributed by atoms with Gasteiger partial charge in [-0.05, 0) is 40.6 Å². The molecule has 4 heteroatoms. The van der Waals surface area contributed by atoms with Gasteiger partial charge in [0.15, 0.2) is 11.5 Å². The van der Waals surface area contributed by atoms with Crippen molar-refractivity contribution in [3.63, 3.8) is 0 Å². The maximum Gasteiger partial charge on any atom is 0.363 e. The average molecular weight is 289 g/mol. The van der Waals surface area contributed by atoms with Gasteiger partial charge >= 0.3 is 5.97 Å². The molecule has 0 radical (unpaired) electrons. The van der Waals surface area contributed by atoms with Crippen molar-refractivity contribution in [2.75, 3.05) is 0 Å². The number of hydrogen-bond acceptors (Lipinski definition) is 4. The summed E-state index contributed by atoms with van der Waals surface area (Å²) < 4.78 is 10.3. The lowest BCUT2D eigenvalue weighted by Gasteiger charge is -1.99. The van der Waals surface area contributed by atoms with Gasteiger partial charge in [-0.2, -0.15) is 0 Å². The molecule has 0 unspecified atom stereocenters. The number of nitrogens with zero attached hydrogens (tertiary/aromatic N) is 1. The van der Waals surface area contributed by atoms with Gasteiger partial charge in [-0.15, -0.1) is 0 Å². The van der Waals surface area contributed by atoms with E-state index in [1.165, 1.54) is 6.26 Å². The lowest BCUT2D eigenvalue weighted by Crippen LogP contribution is -2.04. The van der Waals surface area contributed by atoms with E-state index in [9.17, 15) is 4.79 Å². The van der Waals surface area contributed by atoms with Crippen molar-refractivity contribution in [1.82, 2.24) is 0 Å². The van der Waals surface area contributed by atoms with Crippen molar-refractivity contribution in [2.45, 2.75) is 0 Å². The second-order valence-electron chi connectivity index (χ2n) is 4.92. The summed E-state index contributed by atoms with van der Waals surface area (Å²) in [6.45, 7) is 0. The predicted molar refractivity (Wildman–Crippen MR) is 83.3 cm³/mol. The number of furan rings is 1. The van der Waals surface area contributed by atoms with E-state index in [-0.39, 0.29) is 11.6 Å². The van der Waals surface area contributed by atoms with E-state index < -0.39 is 5.97 Å². The summed E-state index contributed by atoms with van der Waals surface area (Å²) in [5.74, 6) is 0.164. The second-order valence-corrected chi connectivity index (χ2v) is 4.92. The van der Waals surface area contributed by atoms with Crippen LogP contribution in [-0.2, 0) is 9.53 Å². The van der Waals surface area contributed by atoms with Crippen LogP contribution in [0.1, 0.15) is 11.3 Å². The first-order valence-electron chi connectivity index (χ1n) is 6.85. The Kier molecular flexibility index (Phi) is 2.86. The molecule has 0 aliphatic carbocycles. The van der Waals surface area contributed by atoms with Crippen LogP contribution in [0.2, 0.25) is 0 Å². The third-order valence-electron chi connectivity index (χ3n) is 3.43. The Morgan fingerprint density at radius 3 is 2.64 bits per heavy atom. The smallest absolute Gasteiger partial charge is 0.363 e. The molecular weight excluding hydrogens is 278 g/mol. The van der Waals surface area contributed by atoms with Crippen LogP contribution in [0.15, 0.2) is 76.0 Å². The van der Waals surface area contributed by atoms with E-state index in [4.69, 9.17) is 9.15 Å². The molecule has 1 aliphatic rings. The molecule has 22 heavy (non-hydrogen) atoms. The SMILES string of the molecule is O=C1OC(c2ccco2)=N/C1=C/c1ccc2ccccc2c1. The van der Waals surface area contributed by atoms with Crippen LogP contribution in [0.5, 0.6) is 0 Å². The number of esters is 1. The van der Waals surface area contributed by atoms with Gasteiger partial charge in [-0.1, -0.05) is 36.4 Å². The van der Waals surface area contributed by atoms with Gasteiger partial charge in [0.2, 0.25) is 0 Å². The van der Waals surface area contributed by atoms with Crippen molar-refractivity contribution in [1.29, 1.82) is 0 Å². The Balaban J connectivity index is 1.73. The highest BCUT2D eigenvalue weighted by Gasteiger charge is 2.25. The van der Waals surface area contributed by atoms with Crippen molar-refractivity contribution < 1.29 is 13.9 Å². The van der Waals surface area contributed by atoms with Gasteiger partial charge in [-0.25, -0.2) is 9.79 Å². The van der Waals surface area contributed by atoms with E-state index in [1.807, 2.05) is 42.5 Å². The summed E-state index contributed by atoms with van der Waals surface area (Å²) >= 11 is 0. The van der Waals surface area contributed by atoms with Gasteiger partial charge in [0.1, 0.15) is 0 Å². The predicted octanol–water partition coefficient (Wildman–Crippen LogP) is 3.78. The summed E-state index contributed by atoms with van der Waals surface area (Å²) in [7, 11) is 0. The van der Waals surface area contributed by atoms with Crippen molar-refractivity contribution in [3.8, 4) is 0 Å². The van der Waals surface area contributed by atoms with E-state index in [1.54, 1.807) is 18.2 Å². The molecule has 0 atom stereocenters. The van der Waals surface area contributed by atoms with Crippen LogP contribution >= 0.6 is 0 Å². The fourth-order valence-corrected chi connectivity index (χ4v) is 2.37. The zero-order valence-corrected chi connectivity index (χ0v) is 11.5. The molecule has 0 bridgehead atoms. The van der Waals surface area contributed by atoms with E-state index >= 15 is 0 Å². The van der Waals surface area contributed by atoms with Crippen LogP contribution in [0.4, 0.5) is 0 Å². The number of benzene rings is 2. The van der Waals surface area contributed by atoms with Gasteiger partial charge in [0.25, 0.3) is 5.90 Å². The summed E-state index contributed by atoms with van der Waals surface area (Å²) in [6, 6.07) is 17.4.